The van der Waals surface area contributed by atoms with Crippen molar-refractivity contribution in [3.05, 3.63) is 102 Å². The summed E-state index contributed by atoms with van der Waals surface area (Å²) in [5.41, 5.74) is 7.86. The van der Waals surface area contributed by atoms with Crippen molar-refractivity contribution >= 4 is 22.8 Å². The fourth-order valence-corrected chi connectivity index (χ4v) is 3.15. The number of anilines is 1. The zero-order chi connectivity index (χ0) is 18.5. The summed E-state index contributed by atoms with van der Waals surface area (Å²) in [5, 5.41) is 14.9. The highest BCUT2D eigenvalue weighted by atomic mass is 15.3. The highest BCUT2D eigenvalue weighted by molar-refractivity contribution is 5.99. The normalized spacial score (nSPS) is 10.9. The first kappa shape index (κ1) is 16.6. The second kappa shape index (κ2) is 7.59. The number of para-hydroxylation sites is 2. The van der Waals surface area contributed by atoms with Gasteiger partial charge in [-0.15, -0.1) is 0 Å². The largest absolute Gasteiger partial charge is 0.342 e. The Morgan fingerprint density at radius 3 is 2.52 bits per heavy atom. The van der Waals surface area contributed by atoms with Gasteiger partial charge in [0.2, 0.25) is 0 Å². The molecule has 130 valence electrons. The smallest absolute Gasteiger partial charge is 0.0995 e. The molecule has 4 nitrogen and oxygen atoms in total. The standard InChI is InChI=1S/C23H18N4/c24-14-18-8-4-5-9-19(18)16-27-17-20(22-12-6-7-13-23(22)27)15-25-26-21-10-2-1-3-11-21/h1-13,15,17,26H,16H2/b25-15-. The Morgan fingerprint density at radius 2 is 1.67 bits per heavy atom. The van der Waals surface area contributed by atoms with E-state index >= 15 is 0 Å². The molecule has 0 saturated carbocycles. The van der Waals surface area contributed by atoms with Crippen molar-refractivity contribution in [1.29, 1.82) is 5.26 Å². The zero-order valence-corrected chi connectivity index (χ0v) is 14.7. The van der Waals surface area contributed by atoms with Gasteiger partial charge in [0.1, 0.15) is 0 Å². The van der Waals surface area contributed by atoms with Gasteiger partial charge in [0.05, 0.1) is 23.5 Å². The van der Waals surface area contributed by atoms with Gasteiger partial charge >= 0.3 is 0 Å². The zero-order valence-electron chi connectivity index (χ0n) is 14.7. The molecular formula is C23H18N4. The minimum absolute atomic E-state index is 0.643. The number of nitrogens with zero attached hydrogens (tertiary/aromatic N) is 3. The van der Waals surface area contributed by atoms with Crippen LogP contribution in [0, 0.1) is 11.3 Å². The van der Waals surface area contributed by atoms with Crippen LogP contribution in [0.1, 0.15) is 16.7 Å². The van der Waals surface area contributed by atoms with E-state index < -0.39 is 0 Å². The molecule has 4 aromatic rings. The summed E-state index contributed by atoms with van der Waals surface area (Å²) >= 11 is 0. The van der Waals surface area contributed by atoms with Gasteiger partial charge in [0.15, 0.2) is 0 Å². The minimum Gasteiger partial charge on any atom is -0.342 e. The molecule has 0 unspecified atom stereocenters. The van der Waals surface area contributed by atoms with Crippen molar-refractivity contribution in [2.45, 2.75) is 6.54 Å². The number of hydrogen-bond donors (Lipinski definition) is 1. The van der Waals surface area contributed by atoms with E-state index in [1.54, 1.807) is 0 Å². The maximum absolute atomic E-state index is 9.35. The van der Waals surface area contributed by atoms with Crippen LogP contribution in [0.2, 0.25) is 0 Å². The van der Waals surface area contributed by atoms with Crippen LogP contribution in [-0.4, -0.2) is 10.8 Å². The summed E-state index contributed by atoms with van der Waals surface area (Å²) in [5.74, 6) is 0. The summed E-state index contributed by atoms with van der Waals surface area (Å²) in [6.45, 7) is 0.643. The van der Waals surface area contributed by atoms with Crippen molar-refractivity contribution in [2.75, 3.05) is 5.43 Å². The average molecular weight is 350 g/mol. The number of hydrogen-bond acceptors (Lipinski definition) is 3. The fraction of sp³-hybridized carbons (Fsp3) is 0.0435. The molecule has 0 amide bonds. The van der Waals surface area contributed by atoms with E-state index in [1.807, 2.05) is 72.9 Å². The maximum Gasteiger partial charge on any atom is 0.0995 e. The van der Waals surface area contributed by atoms with Crippen molar-refractivity contribution in [3.63, 3.8) is 0 Å². The van der Waals surface area contributed by atoms with Gasteiger partial charge in [0, 0.05) is 29.2 Å². The van der Waals surface area contributed by atoms with Gasteiger partial charge in [-0.2, -0.15) is 10.4 Å². The Morgan fingerprint density at radius 1 is 0.926 bits per heavy atom. The molecular weight excluding hydrogens is 332 g/mol. The number of aromatic nitrogens is 1. The summed E-state index contributed by atoms with van der Waals surface area (Å²) in [6, 6.07) is 28.1. The third kappa shape index (κ3) is 3.58. The number of rotatable bonds is 5. The molecule has 0 spiro atoms. The Bertz CT molecular complexity index is 1130. The number of nitriles is 1. The number of nitrogens with one attached hydrogen (secondary N) is 1. The topological polar surface area (TPSA) is 53.1 Å². The Labute approximate surface area is 158 Å². The molecule has 0 aliphatic heterocycles. The van der Waals surface area contributed by atoms with Crippen molar-refractivity contribution in [2.24, 2.45) is 5.10 Å². The third-order valence-corrected chi connectivity index (χ3v) is 4.47. The highest BCUT2D eigenvalue weighted by Crippen LogP contribution is 2.22. The van der Waals surface area contributed by atoms with E-state index in [-0.39, 0.29) is 0 Å². The van der Waals surface area contributed by atoms with Crippen LogP contribution < -0.4 is 5.43 Å². The van der Waals surface area contributed by atoms with Gasteiger partial charge in [-0.3, -0.25) is 5.43 Å². The average Bonchev–Trinajstić information content (AvgIpc) is 3.07. The number of benzene rings is 3. The lowest BCUT2D eigenvalue weighted by atomic mass is 10.1. The molecule has 4 heteroatoms. The predicted octanol–water partition coefficient (Wildman–Crippen LogP) is 5.01. The molecule has 4 rings (SSSR count). The van der Waals surface area contributed by atoms with E-state index in [2.05, 4.69) is 39.5 Å². The summed E-state index contributed by atoms with van der Waals surface area (Å²) in [4.78, 5) is 0. The molecule has 3 aromatic carbocycles. The quantitative estimate of drug-likeness (QED) is 0.406. The Balaban J connectivity index is 1.66. The van der Waals surface area contributed by atoms with Crippen LogP contribution in [0.3, 0.4) is 0 Å². The lowest BCUT2D eigenvalue weighted by Crippen LogP contribution is -2.00. The van der Waals surface area contributed by atoms with E-state index in [9.17, 15) is 5.26 Å². The van der Waals surface area contributed by atoms with Crippen molar-refractivity contribution in [1.82, 2.24) is 4.57 Å². The number of fused-ring (bicyclic) bond motifs is 1. The molecule has 0 aliphatic carbocycles. The van der Waals surface area contributed by atoms with Gasteiger partial charge in [0.25, 0.3) is 0 Å². The van der Waals surface area contributed by atoms with Crippen LogP contribution in [0.5, 0.6) is 0 Å². The van der Waals surface area contributed by atoms with Gasteiger partial charge < -0.3 is 4.57 Å². The van der Waals surface area contributed by atoms with Crippen LogP contribution in [0.4, 0.5) is 5.69 Å². The minimum atomic E-state index is 0.643. The predicted molar refractivity (Wildman–Crippen MR) is 110 cm³/mol. The Hall–Kier alpha value is -3.84. The lowest BCUT2D eigenvalue weighted by molar-refractivity contribution is 0.834. The molecule has 27 heavy (non-hydrogen) atoms. The second-order valence-electron chi connectivity index (χ2n) is 6.23. The highest BCUT2D eigenvalue weighted by Gasteiger charge is 2.09. The molecule has 0 radical (unpaired) electrons. The number of hydrazone groups is 1. The third-order valence-electron chi connectivity index (χ3n) is 4.47. The molecule has 1 aromatic heterocycles. The van der Waals surface area contributed by atoms with Gasteiger partial charge in [-0.05, 0) is 29.8 Å². The Kier molecular flexibility index (Phi) is 4.67. The van der Waals surface area contributed by atoms with Crippen molar-refractivity contribution < 1.29 is 0 Å². The molecule has 0 aliphatic rings. The van der Waals surface area contributed by atoms with Crippen LogP contribution in [-0.2, 0) is 6.54 Å². The summed E-state index contributed by atoms with van der Waals surface area (Å²) < 4.78 is 2.16. The summed E-state index contributed by atoms with van der Waals surface area (Å²) in [7, 11) is 0. The van der Waals surface area contributed by atoms with E-state index in [0.29, 0.717) is 12.1 Å². The second-order valence-corrected chi connectivity index (χ2v) is 6.23. The van der Waals surface area contributed by atoms with E-state index in [0.717, 1.165) is 27.7 Å². The first-order chi connectivity index (χ1) is 13.3. The molecule has 0 fully saturated rings. The fourth-order valence-electron chi connectivity index (χ4n) is 3.15. The van der Waals surface area contributed by atoms with E-state index in [1.165, 1.54) is 0 Å². The van der Waals surface area contributed by atoms with Crippen LogP contribution in [0.25, 0.3) is 10.9 Å². The lowest BCUT2D eigenvalue weighted by Gasteiger charge is -2.07. The first-order valence-electron chi connectivity index (χ1n) is 8.75. The van der Waals surface area contributed by atoms with Gasteiger partial charge in [-0.25, -0.2) is 0 Å². The van der Waals surface area contributed by atoms with Crippen LogP contribution >= 0.6 is 0 Å². The molecule has 1 heterocycles. The van der Waals surface area contributed by atoms with Crippen molar-refractivity contribution in [3.8, 4) is 6.07 Å². The summed E-state index contributed by atoms with van der Waals surface area (Å²) in [6.07, 6.45) is 3.91. The first-order valence-corrected chi connectivity index (χ1v) is 8.75. The molecule has 1 N–H and O–H groups in total. The van der Waals surface area contributed by atoms with Gasteiger partial charge in [-0.1, -0.05) is 54.6 Å². The van der Waals surface area contributed by atoms with Crippen LogP contribution in [0.15, 0.2) is 90.2 Å². The monoisotopic (exact) mass is 350 g/mol. The maximum atomic E-state index is 9.35. The molecule has 0 saturated heterocycles. The van der Waals surface area contributed by atoms with E-state index in [4.69, 9.17) is 0 Å². The molecule has 0 atom stereocenters. The molecule has 0 bridgehead atoms. The SMILES string of the molecule is N#Cc1ccccc1Cn1cc(/C=N\Nc2ccccc2)c2ccccc21.